The van der Waals surface area contributed by atoms with E-state index in [0.717, 1.165) is 24.3 Å². The van der Waals surface area contributed by atoms with E-state index in [9.17, 15) is 17.6 Å². The molecule has 0 radical (unpaired) electrons. The molecule has 0 aliphatic rings. The minimum Gasteiger partial charge on any atom is -0.256 e. The normalized spacial score (nSPS) is 11.0. The standard InChI is InChI=1S/C17H10F4NP/c18-13-6-4-11(9-15(13)20)23(17-3-1-2-8-22-17)12-5-7-14(19)16(21)10-12/h1-10H. The van der Waals surface area contributed by atoms with Crippen molar-refractivity contribution in [2.24, 2.45) is 0 Å². The minimum atomic E-state index is -1.43. The van der Waals surface area contributed by atoms with Crippen LogP contribution in [-0.4, -0.2) is 4.98 Å². The van der Waals surface area contributed by atoms with Crippen molar-refractivity contribution in [1.29, 1.82) is 0 Å². The fourth-order valence-electron chi connectivity index (χ4n) is 2.15. The Bertz CT molecular complexity index is 788. The molecule has 0 aliphatic heterocycles. The first-order chi connectivity index (χ1) is 11.1. The fraction of sp³-hybridized carbons (Fsp3) is 0. The van der Waals surface area contributed by atoms with Gasteiger partial charge in [-0.1, -0.05) is 18.2 Å². The van der Waals surface area contributed by atoms with Gasteiger partial charge in [0.2, 0.25) is 0 Å². The van der Waals surface area contributed by atoms with E-state index in [1.807, 2.05) is 0 Å². The molecule has 1 aromatic heterocycles. The van der Waals surface area contributed by atoms with Crippen LogP contribution in [0.25, 0.3) is 0 Å². The van der Waals surface area contributed by atoms with Crippen molar-refractivity contribution in [2.75, 3.05) is 0 Å². The van der Waals surface area contributed by atoms with E-state index in [0.29, 0.717) is 16.0 Å². The average molecular weight is 335 g/mol. The lowest BCUT2D eigenvalue weighted by Gasteiger charge is -2.18. The summed E-state index contributed by atoms with van der Waals surface area (Å²) in [6.45, 7) is 0. The summed E-state index contributed by atoms with van der Waals surface area (Å²) >= 11 is 0. The molecule has 0 N–H and O–H groups in total. The lowest BCUT2D eigenvalue weighted by atomic mass is 10.3. The first-order valence-electron chi connectivity index (χ1n) is 6.67. The van der Waals surface area contributed by atoms with E-state index < -0.39 is 31.2 Å². The number of nitrogens with zero attached hydrogens (tertiary/aromatic N) is 1. The number of hydrogen-bond donors (Lipinski definition) is 0. The maximum Gasteiger partial charge on any atom is 0.159 e. The summed E-state index contributed by atoms with van der Waals surface area (Å²) in [7, 11) is -1.43. The molecule has 2 aromatic carbocycles. The monoisotopic (exact) mass is 335 g/mol. The van der Waals surface area contributed by atoms with Gasteiger partial charge in [-0.05, 0) is 47.0 Å². The quantitative estimate of drug-likeness (QED) is 0.528. The second kappa shape index (κ2) is 6.47. The first kappa shape index (κ1) is 15.6. The van der Waals surface area contributed by atoms with Gasteiger partial charge >= 0.3 is 0 Å². The Balaban J connectivity index is 2.17. The molecule has 0 bridgehead atoms. The van der Waals surface area contributed by atoms with Gasteiger partial charge in [0.15, 0.2) is 23.3 Å². The number of benzene rings is 2. The SMILES string of the molecule is Fc1ccc(P(c2ccc(F)c(F)c2)c2ccccn2)cc1F. The topological polar surface area (TPSA) is 12.9 Å². The molecular formula is C17H10F4NP. The number of pyridine rings is 1. The van der Waals surface area contributed by atoms with E-state index >= 15 is 0 Å². The van der Waals surface area contributed by atoms with Crippen LogP contribution >= 0.6 is 7.92 Å². The molecule has 0 unspecified atom stereocenters. The highest BCUT2D eigenvalue weighted by Crippen LogP contribution is 2.32. The predicted octanol–water partition coefficient (Wildman–Crippen LogP) is 3.40. The summed E-state index contributed by atoms with van der Waals surface area (Å²) in [6, 6.07) is 12.2. The molecule has 0 fully saturated rings. The maximum absolute atomic E-state index is 13.6. The molecule has 1 nitrogen and oxygen atoms in total. The molecule has 0 aliphatic carbocycles. The van der Waals surface area contributed by atoms with Gasteiger partial charge < -0.3 is 0 Å². The van der Waals surface area contributed by atoms with Crippen LogP contribution < -0.4 is 16.0 Å². The highest BCUT2D eigenvalue weighted by atomic mass is 31.1. The van der Waals surface area contributed by atoms with Crippen molar-refractivity contribution >= 4 is 24.0 Å². The molecule has 1 heterocycles. The summed E-state index contributed by atoms with van der Waals surface area (Å²) in [5.41, 5.74) is 0.583. The zero-order chi connectivity index (χ0) is 16.4. The second-order valence-electron chi connectivity index (χ2n) is 4.72. The third kappa shape index (κ3) is 3.25. The Morgan fingerprint density at radius 2 is 1.22 bits per heavy atom. The van der Waals surface area contributed by atoms with E-state index in [1.165, 1.54) is 12.1 Å². The number of aromatic nitrogens is 1. The molecule has 0 spiro atoms. The Morgan fingerprint density at radius 3 is 1.65 bits per heavy atom. The first-order valence-corrected chi connectivity index (χ1v) is 8.01. The summed E-state index contributed by atoms with van der Waals surface area (Å²) in [5, 5.41) is 0.923. The number of hydrogen-bond acceptors (Lipinski definition) is 1. The third-order valence-electron chi connectivity index (χ3n) is 3.20. The van der Waals surface area contributed by atoms with Crippen molar-refractivity contribution in [1.82, 2.24) is 4.98 Å². The summed E-state index contributed by atoms with van der Waals surface area (Å²) in [4.78, 5) is 4.23. The van der Waals surface area contributed by atoms with Crippen molar-refractivity contribution in [3.05, 3.63) is 84.1 Å². The van der Waals surface area contributed by atoms with E-state index in [-0.39, 0.29) is 0 Å². The molecule has 3 aromatic rings. The van der Waals surface area contributed by atoms with Crippen LogP contribution in [-0.2, 0) is 0 Å². The van der Waals surface area contributed by atoms with Crippen LogP contribution in [0.3, 0.4) is 0 Å². The highest BCUT2D eigenvalue weighted by Gasteiger charge is 2.20. The van der Waals surface area contributed by atoms with Gasteiger partial charge in [-0.2, -0.15) is 0 Å². The Kier molecular flexibility index (Phi) is 4.39. The van der Waals surface area contributed by atoms with Crippen molar-refractivity contribution in [3.63, 3.8) is 0 Å². The van der Waals surface area contributed by atoms with Gasteiger partial charge in [-0.15, -0.1) is 0 Å². The lowest BCUT2D eigenvalue weighted by Crippen LogP contribution is -2.23. The van der Waals surface area contributed by atoms with Gasteiger partial charge in [0.05, 0.1) is 5.44 Å². The van der Waals surface area contributed by atoms with E-state index in [4.69, 9.17) is 0 Å². The average Bonchev–Trinajstić information content (AvgIpc) is 2.55. The molecule has 116 valence electrons. The van der Waals surface area contributed by atoms with Gasteiger partial charge in [0, 0.05) is 14.1 Å². The maximum atomic E-state index is 13.6. The van der Waals surface area contributed by atoms with Crippen LogP contribution in [0.2, 0.25) is 0 Å². The van der Waals surface area contributed by atoms with Gasteiger partial charge in [-0.25, -0.2) is 17.6 Å². The molecule has 6 heteroatoms. The lowest BCUT2D eigenvalue weighted by molar-refractivity contribution is 0.509. The van der Waals surface area contributed by atoms with E-state index in [2.05, 4.69) is 4.98 Å². The zero-order valence-corrected chi connectivity index (χ0v) is 12.6. The van der Waals surface area contributed by atoms with Gasteiger partial charge in [0.25, 0.3) is 0 Å². The second-order valence-corrected chi connectivity index (χ2v) is 6.88. The van der Waals surface area contributed by atoms with Crippen LogP contribution in [0, 0.1) is 23.3 Å². The molecule has 23 heavy (non-hydrogen) atoms. The predicted molar refractivity (Wildman–Crippen MR) is 82.8 cm³/mol. The largest absolute Gasteiger partial charge is 0.256 e. The number of halogens is 4. The van der Waals surface area contributed by atoms with Crippen molar-refractivity contribution < 1.29 is 17.6 Å². The van der Waals surface area contributed by atoms with E-state index in [1.54, 1.807) is 24.4 Å². The molecule has 0 saturated heterocycles. The Labute approximate surface area is 131 Å². The minimum absolute atomic E-state index is 0.462. The highest BCUT2D eigenvalue weighted by molar-refractivity contribution is 7.79. The van der Waals surface area contributed by atoms with Crippen molar-refractivity contribution in [2.45, 2.75) is 0 Å². The Morgan fingerprint density at radius 1 is 0.652 bits per heavy atom. The smallest absolute Gasteiger partial charge is 0.159 e. The van der Waals surface area contributed by atoms with Crippen LogP contribution in [0.15, 0.2) is 60.8 Å². The molecular weight excluding hydrogens is 325 g/mol. The zero-order valence-electron chi connectivity index (χ0n) is 11.7. The van der Waals surface area contributed by atoms with Crippen LogP contribution in [0.1, 0.15) is 0 Å². The summed E-state index contributed by atoms with van der Waals surface area (Å²) in [6.07, 6.45) is 1.56. The van der Waals surface area contributed by atoms with Crippen LogP contribution in [0.4, 0.5) is 17.6 Å². The molecule has 0 saturated carbocycles. The molecule has 0 amide bonds. The van der Waals surface area contributed by atoms with Crippen LogP contribution in [0.5, 0.6) is 0 Å². The van der Waals surface area contributed by atoms with Gasteiger partial charge in [0.1, 0.15) is 0 Å². The van der Waals surface area contributed by atoms with Gasteiger partial charge in [-0.3, -0.25) is 4.98 Å². The molecule has 3 rings (SSSR count). The fourth-order valence-corrected chi connectivity index (χ4v) is 4.32. The molecule has 0 atom stereocenters. The summed E-state index contributed by atoms with van der Waals surface area (Å²) < 4.78 is 53.6. The summed E-state index contributed by atoms with van der Waals surface area (Å²) in [5.74, 6) is -3.91. The Hall–Kier alpha value is -2.26. The number of rotatable bonds is 3. The third-order valence-corrected chi connectivity index (χ3v) is 5.51. The van der Waals surface area contributed by atoms with Crippen molar-refractivity contribution in [3.8, 4) is 0 Å².